The number of halogens is 2. The van der Waals surface area contributed by atoms with Crippen molar-refractivity contribution in [2.75, 3.05) is 26.4 Å². The minimum atomic E-state index is -4.03. The second-order valence-corrected chi connectivity index (χ2v) is 10.5. The molecule has 0 fully saturated rings. The zero-order chi connectivity index (χ0) is 36.1. The molecule has 0 unspecified atom stereocenters. The molecule has 264 valence electrons. The first kappa shape index (κ1) is 36.9. The molecule has 0 aromatic heterocycles. The molecule has 0 N–H and O–H groups in total. The molecule has 4 rings (SSSR count). The van der Waals surface area contributed by atoms with Gasteiger partial charge in [-0.05, 0) is 92.8 Å². The Balaban J connectivity index is 1.30. The molecule has 0 radical (unpaired) electrons. The first-order valence-corrected chi connectivity index (χ1v) is 15.4. The third kappa shape index (κ3) is 10.5. The van der Waals surface area contributed by atoms with Gasteiger partial charge in [0.25, 0.3) is 0 Å². The summed E-state index contributed by atoms with van der Waals surface area (Å²) < 4.78 is 69.2. The van der Waals surface area contributed by atoms with E-state index in [-0.39, 0.29) is 48.2 Å². The van der Waals surface area contributed by atoms with Crippen LogP contribution in [0.1, 0.15) is 52.0 Å². The standard InChI is InChI=1S/C36H34F2O12/c1-4-30(39)45-20-8-6-18-43-25-12-10-24(11-13-25)34(41)47-26-14-15-27(23(3)22-26)35(42)48-29-17-16-28(32-33(29)50-36(37,38)49-32)44-19-7-9-21-46-31(40)5-2/h4-5,10-17,22H,1-2,6-9,18-21H2,3H3. The Kier molecular flexibility index (Phi) is 12.9. The number of benzene rings is 3. The maximum atomic E-state index is 14.1. The topological polar surface area (TPSA) is 142 Å². The summed E-state index contributed by atoms with van der Waals surface area (Å²) in [5, 5.41) is 0. The van der Waals surface area contributed by atoms with Crippen LogP contribution in [0.25, 0.3) is 0 Å². The third-order valence-corrected chi connectivity index (χ3v) is 6.83. The summed E-state index contributed by atoms with van der Waals surface area (Å²) >= 11 is 0. The van der Waals surface area contributed by atoms with E-state index >= 15 is 0 Å². The van der Waals surface area contributed by atoms with Crippen molar-refractivity contribution in [2.24, 2.45) is 0 Å². The summed E-state index contributed by atoms with van der Waals surface area (Å²) in [6, 6.07) is 13.0. The molecule has 0 bridgehead atoms. The van der Waals surface area contributed by atoms with Crippen LogP contribution in [-0.4, -0.2) is 56.6 Å². The van der Waals surface area contributed by atoms with E-state index < -0.39 is 41.7 Å². The Morgan fingerprint density at radius 2 is 1.22 bits per heavy atom. The lowest BCUT2D eigenvalue weighted by Crippen LogP contribution is -2.26. The van der Waals surface area contributed by atoms with Crippen LogP contribution in [0.15, 0.2) is 79.9 Å². The van der Waals surface area contributed by atoms with Crippen molar-refractivity contribution >= 4 is 23.9 Å². The number of carbonyl (C=O) groups excluding carboxylic acids is 4. The number of esters is 4. The van der Waals surface area contributed by atoms with Gasteiger partial charge in [0, 0.05) is 12.2 Å². The number of alkyl halides is 2. The fourth-order valence-corrected chi connectivity index (χ4v) is 4.35. The molecule has 1 aliphatic rings. The van der Waals surface area contributed by atoms with Crippen molar-refractivity contribution < 1.29 is 65.9 Å². The lowest BCUT2D eigenvalue weighted by molar-refractivity contribution is -0.287. The smallest absolute Gasteiger partial charge is 0.494 e. The van der Waals surface area contributed by atoms with Crippen molar-refractivity contribution in [3.8, 4) is 34.5 Å². The molecule has 0 aliphatic carbocycles. The van der Waals surface area contributed by atoms with Gasteiger partial charge in [-0.3, -0.25) is 0 Å². The van der Waals surface area contributed by atoms with Crippen LogP contribution in [0.3, 0.4) is 0 Å². The Hall–Kier alpha value is -5.92. The fourth-order valence-electron chi connectivity index (χ4n) is 4.35. The molecular formula is C36H34F2O12. The number of rotatable bonds is 18. The van der Waals surface area contributed by atoms with Crippen molar-refractivity contribution in [1.82, 2.24) is 0 Å². The molecule has 3 aromatic rings. The van der Waals surface area contributed by atoms with Crippen LogP contribution in [0.2, 0.25) is 0 Å². The Morgan fingerprint density at radius 3 is 1.82 bits per heavy atom. The van der Waals surface area contributed by atoms with Gasteiger partial charge in [-0.2, -0.15) is 0 Å². The Morgan fingerprint density at radius 1 is 0.680 bits per heavy atom. The molecule has 3 aromatic carbocycles. The molecule has 14 heteroatoms. The largest absolute Gasteiger partial charge is 0.586 e. The number of hydrogen-bond donors (Lipinski definition) is 0. The van der Waals surface area contributed by atoms with Gasteiger partial charge in [0.05, 0.1) is 37.6 Å². The highest BCUT2D eigenvalue weighted by Crippen LogP contribution is 2.52. The number of carbonyl (C=O) groups is 4. The average molecular weight is 697 g/mol. The van der Waals surface area contributed by atoms with Crippen LogP contribution < -0.4 is 28.4 Å². The maximum absolute atomic E-state index is 14.1. The van der Waals surface area contributed by atoms with E-state index in [1.807, 2.05) is 0 Å². The summed E-state index contributed by atoms with van der Waals surface area (Å²) in [6.45, 7) is 9.08. The Bertz CT molecular complexity index is 1720. The van der Waals surface area contributed by atoms with E-state index in [0.29, 0.717) is 43.6 Å². The molecule has 0 saturated carbocycles. The van der Waals surface area contributed by atoms with Gasteiger partial charge in [-0.25, -0.2) is 19.2 Å². The van der Waals surface area contributed by atoms with Crippen LogP contribution in [0.5, 0.6) is 34.5 Å². The lowest BCUT2D eigenvalue weighted by atomic mass is 10.1. The van der Waals surface area contributed by atoms with Gasteiger partial charge >= 0.3 is 30.2 Å². The monoisotopic (exact) mass is 696 g/mol. The van der Waals surface area contributed by atoms with Crippen LogP contribution in [0, 0.1) is 6.92 Å². The van der Waals surface area contributed by atoms with Gasteiger partial charge in [0.2, 0.25) is 11.5 Å². The first-order valence-electron chi connectivity index (χ1n) is 15.4. The number of unbranched alkanes of at least 4 members (excludes halogenated alkanes) is 2. The van der Waals surface area contributed by atoms with E-state index in [1.165, 1.54) is 42.5 Å². The molecule has 1 aliphatic heterocycles. The molecule has 0 atom stereocenters. The second kappa shape index (κ2) is 17.5. The molecule has 12 nitrogen and oxygen atoms in total. The molecule has 0 amide bonds. The maximum Gasteiger partial charge on any atom is 0.586 e. The molecule has 1 heterocycles. The van der Waals surface area contributed by atoms with Crippen molar-refractivity contribution in [1.29, 1.82) is 0 Å². The average Bonchev–Trinajstić information content (AvgIpc) is 3.44. The molecule has 0 saturated heterocycles. The number of fused-ring (bicyclic) bond motifs is 1. The van der Waals surface area contributed by atoms with E-state index in [9.17, 15) is 28.0 Å². The predicted octanol–water partition coefficient (Wildman–Crippen LogP) is 6.53. The van der Waals surface area contributed by atoms with E-state index in [2.05, 4.69) is 22.6 Å². The van der Waals surface area contributed by atoms with Gasteiger partial charge in [0.15, 0.2) is 11.5 Å². The fraction of sp³-hybridized carbons (Fsp3) is 0.278. The van der Waals surface area contributed by atoms with Crippen LogP contribution in [-0.2, 0) is 19.1 Å². The number of hydrogen-bond acceptors (Lipinski definition) is 12. The van der Waals surface area contributed by atoms with Gasteiger partial charge in [-0.1, -0.05) is 13.2 Å². The van der Waals surface area contributed by atoms with E-state index in [4.69, 9.17) is 28.4 Å². The van der Waals surface area contributed by atoms with Gasteiger partial charge < -0.3 is 37.9 Å². The Labute approximate surface area is 286 Å². The van der Waals surface area contributed by atoms with E-state index in [1.54, 1.807) is 19.1 Å². The van der Waals surface area contributed by atoms with Crippen LogP contribution >= 0.6 is 0 Å². The van der Waals surface area contributed by atoms with E-state index in [0.717, 1.165) is 12.2 Å². The van der Waals surface area contributed by atoms with Crippen molar-refractivity contribution in [2.45, 2.75) is 38.9 Å². The highest BCUT2D eigenvalue weighted by Gasteiger charge is 2.47. The third-order valence-electron chi connectivity index (χ3n) is 6.83. The second-order valence-electron chi connectivity index (χ2n) is 10.5. The minimum absolute atomic E-state index is 0.0646. The van der Waals surface area contributed by atoms with Gasteiger partial charge in [0.1, 0.15) is 11.5 Å². The van der Waals surface area contributed by atoms with Crippen molar-refractivity contribution in [3.63, 3.8) is 0 Å². The summed E-state index contributed by atoms with van der Waals surface area (Å²) in [5.74, 6) is -3.25. The molecule has 0 spiro atoms. The SMILES string of the molecule is C=CC(=O)OCCCCOc1ccc(C(=O)Oc2ccc(C(=O)Oc3ccc(OCCCCOC(=O)C=C)c4c3OC(F)(F)O4)c(C)c2)cc1. The minimum Gasteiger partial charge on any atom is -0.494 e. The summed E-state index contributed by atoms with van der Waals surface area (Å²) in [5.41, 5.74) is 0.701. The van der Waals surface area contributed by atoms with Crippen molar-refractivity contribution in [3.05, 3.63) is 96.6 Å². The molecular weight excluding hydrogens is 662 g/mol. The summed E-state index contributed by atoms with van der Waals surface area (Å²) in [7, 11) is 0. The highest BCUT2D eigenvalue weighted by molar-refractivity contribution is 5.94. The highest BCUT2D eigenvalue weighted by atomic mass is 19.3. The normalized spacial score (nSPS) is 12.3. The number of aryl methyl sites for hydroxylation is 1. The lowest BCUT2D eigenvalue weighted by Gasteiger charge is -2.12. The van der Waals surface area contributed by atoms with Gasteiger partial charge in [-0.15, -0.1) is 8.78 Å². The predicted molar refractivity (Wildman–Crippen MR) is 172 cm³/mol. The summed E-state index contributed by atoms with van der Waals surface area (Å²) in [6.07, 6.45) is 0.265. The zero-order valence-corrected chi connectivity index (χ0v) is 27.1. The quantitative estimate of drug-likeness (QED) is 0.0618. The first-order chi connectivity index (χ1) is 24.0. The molecule has 50 heavy (non-hydrogen) atoms. The zero-order valence-electron chi connectivity index (χ0n) is 27.1. The summed E-state index contributed by atoms with van der Waals surface area (Å²) in [4.78, 5) is 47.9. The van der Waals surface area contributed by atoms with Crippen LogP contribution in [0.4, 0.5) is 8.78 Å². The number of ether oxygens (including phenoxy) is 8.